The number of carbonyl (C=O) groups is 1. The van der Waals surface area contributed by atoms with Crippen molar-refractivity contribution in [1.29, 1.82) is 0 Å². The molecular weight excluding hydrogens is 262 g/mol. The molecule has 1 fully saturated rings. The number of hydrogen-bond acceptors (Lipinski definition) is 2. The first kappa shape index (κ1) is 14.2. The fourth-order valence-electron chi connectivity index (χ4n) is 2.64. The van der Waals surface area contributed by atoms with Gasteiger partial charge in [-0.3, -0.25) is 4.79 Å². The minimum absolute atomic E-state index is 0.0134. The summed E-state index contributed by atoms with van der Waals surface area (Å²) in [6, 6.07) is 4.58. The van der Waals surface area contributed by atoms with Gasteiger partial charge in [-0.25, -0.2) is 0 Å². The van der Waals surface area contributed by atoms with E-state index in [4.69, 9.17) is 11.6 Å². The Morgan fingerprint density at radius 3 is 2.58 bits per heavy atom. The van der Waals surface area contributed by atoms with E-state index in [1.54, 1.807) is 6.07 Å². The third-order valence-electron chi connectivity index (χ3n) is 3.68. The molecule has 0 aromatic heterocycles. The Morgan fingerprint density at radius 2 is 1.95 bits per heavy atom. The van der Waals surface area contributed by atoms with Crippen molar-refractivity contribution in [2.45, 2.75) is 44.9 Å². The van der Waals surface area contributed by atoms with Gasteiger partial charge in [0.25, 0.3) is 0 Å². The first-order valence-corrected chi connectivity index (χ1v) is 7.31. The molecule has 1 aliphatic carbocycles. The Kier molecular flexibility index (Phi) is 5.08. The predicted octanol–water partition coefficient (Wildman–Crippen LogP) is 4.34. The van der Waals surface area contributed by atoms with E-state index < -0.39 is 0 Å². The third kappa shape index (κ3) is 4.43. The van der Waals surface area contributed by atoms with E-state index in [-0.39, 0.29) is 11.7 Å². The number of halogens is 1. The van der Waals surface area contributed by atoms with Crippen LogP contribution >= 0.6 is 11.6 Å². The largest absolute Gasteiger partial charge is 0.508 e. The lowest BCUT2D eigenvalue weighted by molar-refractivity contribution is -0.117. The van der Waals surface area contributed by atoms with E-state index in [1.165, 1.54) is 37.8 Å². The van der Waals surface area contributed by atoms with Crippen LogP contribution in [-0.4, -0.2) is 11.0 Å². The molecule has 4 heteroatoms. The van der Waals surface area contributed by atoms with Crippen molar-refractivity contribution in [2.24, 2.45) is 5.92 Å². The zero-order valence-electron chi connectivity index (χ0n) is 11.0. The van der Waals surface area contributed by atoms with Crippen molar-refractivity contribution < 1.29 is 9.90 Å². The number of rotatable bonds is 3. The molecule has 0 unspecified atom stereocenters. The van der Waals surface area contributed by atoms with Crippen LogP contribution in [0, 0.1) is 5.92 Å². The molecule has 1 aliphatic rings. The zero-order valence-corrected chi connectivity index (χ0v) is 11.7. The van der Waals surface area contributed by atoms with Gasteiger partial charge in [0.15, 0.2) is 0 Å². The van der Waals surface area contributed by atoms with Crippen molar-refractivity contribution in [3.63, 3.8) is 0 Å². The van der Waals surface area contributed by atoms with Gasteiger partial charge in [-0.1, -0.05) is 37.3 Å². The van der Waals surface area contributed by atoms with E-state index in [1.807, 2.05) is 0 Å². The van der Waals surface area contributed by atoms with Crippen LogP contribution in [0.15, 0.2) is 18.2 Å². The zero-order chi connectivity index (χ0) is 13.7. The van der Waals surface area contributed by atoms with Crippen LogP contribution in [0.1, 0.15) is 44.9 Å². The van der Waals surface area contributed by atoms with Crippen LogP contribution in [0.25, 0.3) is 0 Å². The van der Waals surface area contributed by atoms with Gasteiger partial charge in [0, 0.05) is 12.5 Å². The topological polar surface area (TPSA) is 49.3 Å². The molecule has 0 bridgehead atoms. The van der Waals surface area contributed by atoms with Gasteiger partial charge in [0.2, 0.25) is 5.91 Å². The third-order valence-corrected chi connectivity index (χ3v) is 3.99. The first-order valence-electron chi connectivity index (χ1n) is 6.93. The van der Waals surface area contributed by atoms with E-state index in [9.17, 15) is 9.90 Å². The molecule has 19 heavy (non-hydrogen) atoms. The standard InChI is InChI=1S/C15H20ClNO2/c16-13-10-12(18)7-8-14(13)17-15(19)9-11-5-3-1-2-4-6-11/h7-8,10-11,18H,1-6,9H2,(H,17,19). The number of hydrogen-bond donors (Lipinski definition) is 2. The van der Waals surface area contributed by atoms with E-state index in [2.05, 4.69) is 5.32 Å². The second-order valence-electron chi connectivity index (χ2n) is 5.27. The number of amides is 1. The lowest BCUT2D eigenvalue weighted by Crippen LogP contribution is -2.16. The van der Waals surface area contributed by atoms with Gasteiger partial charge < -0.3 is 10.4 Å². The highest BCUT2D eigenvalue weighted by Crippen LogP contribution is 2.28. The van der Waals surface area contributed by atoms with Gasteiger partial charge in [0.05, 0.1) is 10.7 Å². The minimum Gasteiger partial charge on any atom is -0.508 e. The molecule has 3 nitrogen and oxygen atoms in total. The maximum Gasteiger partial charge on any atom is 0.224 e. The average molecular weight is 282 g/mol. The summed E-state index contributed by atoms with van der Waals surface area (Å²) in [5, 5.41) is 12.5. The van der Waals surface area contributed by atoms with Gasteiger partial charge in [-0.15, -0.1) is 0 Å². The maximum absolute atomic E-state index is 12.0. The lowest BCUT2D eigenvalue weighted by Gasteiger charge is -2.14. The summed E-state index contributed by atoms with van der Waals surface area (Å²) >= 11 is 5.97. The molecular formula is C15H20ClNO2. The van der Waals surface area contributed by atoms with Gasteiger partial charge in [-0.05, 0) is 30.9 Å². The van der Waals surface area contributed by atoms with Crippen molar-refractivity contribution >= 4 is 23.2 Å². The number of phenolic OH excluding ortho intramolecular Hbond substituents is 1. The normalized spacial score (nSPS) is 16.9. The van der Waals surface area contributed by atoms with Crippen molar-refractivity contribution in [2.75, 3.05) is 5.32 Å². The van der Waals surface area contributed by atoms with E-state index in [0.717, 1.165) is 12.8 Å². The molecule has 104 valence electrons. The molecule has 2 N–H and O–H groups in total. The molecule has 0 saturated heterocycles. The van der Waals surface area contributed by atoms with Crippen LogP contribution in [0.5, 0.6) is 5.75 Å². The Balaban J connectivity index is 1.89. The second kappa shape index (κ2) is 6.80. The maximum atomic E-state index is 12.0. The average Bonchev–Trinajstić information content (AvgIpc) is 2.61. The second-order valence-corrected chi connectivity index (χ2v) is 5.68. The molecule has 0 atom stereocenters. The number of aromatic hydroxyl groups is 1. The Labute approximate surface area is 119 Å². The predicted molar refractivity (Wildman–Crippen MR) is 77.6 cm³/mol. The van der Waals surface area contributed by atoms with E-state index in [0.29, 0.717) is 23.0 Å². The summed E-state index contributed by atoms with van der Waals surface area (Å²) < 4.78 is 0. The highest BCUT2D eigenvalue weighted by molar-refractivity contribution is 6.33. The molecule has 0 radical (unpaired) electrons. The van der Waals surface area contributed by atoms with Crippen LogP contribution in [0.2, 0.25) is 5.02 Å². The molecule has 0 spiro atoms. The molecule has 1 amide bonds. The van der Waals surface area contributed by atoms with Gasteiger partial charge in [-0.2, -0.15) is 0 Å². The van der Waals surface area contributed by atoms with Gasteiger partial charge >= 0.3 is 0 Å². The number of anilines is 1. The number of phenols is 1. The van der Waals surface area contributed by atoms with E-state index >= 15 is 0 Å². The highest BCUT2D eigenvalue weighted by atomic mass is 35.5. The Bertz CT molecular complexity index is 440. The summed E-state index contributed by atoms with van der Waals surface area (Å²) in [6.07, 6.45) is 7.92. The van der Waals surface area contributed by atoms with Crippen LogP contribution in [-0.2, 0) is 4.79 Å². The molecule has 0 heterocycles. The van der Waals surface area contributed by atoms with Gasteiger partial charge in [0.1, 0.15) is 5.75 Å². The summed E-state index contributed by atoms with van der Waals surface area (Å²) in [4.78, 5) is 12.0. The molecule has 0 aliphatic heterocycles. The Morgan fingerprint density at radius 1 is 1.26 bits per heavy atom. The lowest BCUT2D eigenvalue weighted by atomic mass is 9.96. The van der Waals surface area contributed by atoms with Crippen LogP contribution in [0.4, 0.5) is 5.69 Å². The van der Waals surface area contributed by atoms with Crippen molar-refractivity contribution in [3.05, 3.63) is 23.2 Å². The molecule has 1 aromatic carbocycles. The summed E-state index contributed by atoms with van der Waals surface area (Å²) in [7, 11) is 0. The monoisotopic (exact) mass is 281 g/mol. The SMILES string of the molecule is O=C(CC1CCCCCC1)Nc1ccc(O)cc1Cl. The Hall–Kier alpha value is -1.22. The molecule has 1 saturated carbocycles. The number of nitrogens with one attached hydrogen (secondary N) is 1. The van der Waals surface area contributed by atoms with Crippen LogP contribution in [0.3, 0.4) is 0 Å². The summed E-state index contributed by atoms with van der Waals surface area (Å²) in [5.74, 6) is 0.615. The highest BCUT2D eigenvalue weighted by Gasteiger charge is 2.16. The fourth-order valence-corrected chi connectivity index (χ4v) is 2.86. The first-order chi connectivity index (χ1) is 9.15. The molecule has 2 rings (SSSR count). The minimum atomic E-state index is 0.0134. The number of benzene rings is 1. The smallest absolute Gasteiger partial charge is 0.224 e. The van der Waals surface area contributed by atoms with Crippen LogP contribution < -0.4 is 5.32 Å². The van der Waals surface area contributed by atoms with Crippen molar-refractivity contribution in [3.8, 4) is 5.75 Å². The fraction of sp³-hybridized carbons (Fsp3) is 0.533. The summed E-state index contributed by atoms with van der Waals surface area (Å²) in [5.41, 5.74) is 0.568. The molecule has 1 aromatic rings. The number of carbonyl (C=O) groups excluding carboxylic acids is 1. The summed E-state index contributed by atoms with van der Waals surface area (Å²) in [6.45, 7) is 0. The quantitative estimate of drug-likeness (QED) is 0.639. The van der Waals surface area contributed by atoms with Crippen molar-refractivity contribution in [1.82, 2.24) is 0 Å².